The lowest BCUT2D eigenvalue weighted by Crippen LogP contribution is -2.25. The average Bonchev–Trinajstić information content (AvgIpc) is 3.11. The normalized spacial score (nSPS) is 14.5. The summed E-state index contributed by atoms with van der Waals surface area (Å²) in [6.07, 6.45) is 1.53. The highest BCUT2D eigenvalue weighted by atomic mass is 16.5. The fourth-order valence-electron chi connectivity index (χ4n) is 4.90. The first-order chi connectivity index (χ1) is 16.9. The molecule has 0 aromatic heterocycles. The van der Waals surface area contributed by atoms with Crippen molar-refractivity contribution < 1.29 is 24.1 Å². The Kier molecular flexibility index (Phi) is 7.17. The second kappa shape index (κ2) is 10.3. The van der Waals surface area contributed by atoms with Gasteiger partial charge in [0.2, 0.25) is 11.2 Å². The van der Waals surface area contributed by atoms with E-state index in [0.29, 0.717) is 23.8 Å². The molecule has 1 aliphatic carbocycles. The highest BCUT2D eigenvalue weighted by molar-refractivity contribution is 5.82. The summed E-state index contributed by atoms with van der Waals surface area (Å²) in [5, 5.41) is 9.66. The summed E-state index contributed by atoms with van der Waals surface area (Å²) >= 11 is 0. The van der Waals surface area contributed by atoms with Crippen molar-refractivity contribution >= 4 is 0 Å². The number of phenolic OH excluding ortho intramolecular Hbond substituents is 1. The number of rotatable bonds is 7. The van der Waals surface area contributed by atoms with E-state index in [0.717, 1.165) is 40.7 Å². The Balaban J connectivity index is 1.93. The highest BCUT2D eigenvalue weighted by Crippen LogP contribution is 2.50. The van der Waals surface area contributed by atoms with Crippen molar-refractivity contribution in [2.75, 3.05) is 35.5 Å². The molecule has 0 amide bonds. The van der Waals surface area contributed by atoms with E-state index in [4.69, 9.17) is 18.9 Å². The molecule has 1 aliphatic rings. The van der Waals surface area contributed by atoms with E-state index in [1.807, 2.05) is 31.3 Å². The van der Waals surface area contributed by atoms with Crippen molar-refractivity contribution in [3.8, 4) is 39.9 Å². The molecule has 3 aromatic rings. The summed E-state index contributed by atoms with van der Waals surface area (Å²) in [5.74, 6) is 2.19. The van der Waals surface area contributed by atoms with Gasteiger partial charge in [0, 0.05) is 18.2 Å². The zero-order chi connectivity index (χ0) is 25.1. The molecule has 7 nitrogen and oxygen atoms in total. The van der Waals surface area contributed by atoms with Gasteiger partial charge in [0.1, 0.15) is 5.75 Å². The van der Waals surface area contributed by atoms with E-state index >= 15 is 0 Å². The van der Waals surface area contributed by atoms with Crippen LogP contribution in [0.25, 0.3) is 11.1 Å². The van der Waals surface area contributed by atoms with Crippen LogP contribution >= 0.6 is 0 Å². The minimum atomic E-state index is -0.181. The summed E-state index contributed by atoms with van der Waals surface area (Å²) < 4.78 is 22.5. The molecule has 0 saturated carbocycles. The van der Waals surface area contributed by atoms with Crippen molar-refractivity contribution in [3.05, 3.63) is 75.4 Å². The predicted octanol–water partition coefficient (Wildman–Crippen LogP) is 4.57. The van der Waals surface area contributed by atoms with Crippen LogP contribution in [0.4, 0.5) is 0 Å². The Morgan fingerprint density at radius 2 is 1.57 bits per heavy atom. The minimum Gasteiger partial charge on any atom is -0.508 e. The lowest BCUT2D eigenvalue weighted by atomic mass is 9.95. The summed E-state index contributed by atoms with van der Waals surface area (Å²) in [6.45, 7) is 0.647. The van der Waals surface area contributed by atoms with Crippen molar-refractivity contribution in [2.24, 2.45) is 0 Å². The molecule has 0 heterocycles. The second-order valence-electron chi connectivity index (χ2n) is 8.59. The third-order valence-electron chi connectivity index (χ3n) is 6.59. The van der Waals surface area contributed by atoms with Crippen LogP contribution in [0.2, 0.25) is 0 Å². The topological polar surface area (TPSA) is 77.5 Å². The molecular formula is C28H31NO6. The maximum atomic E-state index is 13.0. The third kappa shape index (κ3) is 4.64. The molecule has 4 rings (SSSR count). The smallest absolute Gasteiger partial charge is 0.220 e. The summed E-state index contributed by atoms with van der Waals surface area (Å²) in [7, 11) is 8.35. The number of hydrogen-bond acceptors (Lipinski definition) is 7. The lowest BCUT2D eigenvalue weighted by Gasteiger charge is -2.28. The Morgan fingerprint density at radius 3 is 2.20 bits per heavy atom. The van der Waals surface area contributed by atoms with Gasteiger partial charge in [-0.3, -0.25) is 9.69 Å². The van der Waals surface area contributed by atoms with Crippen molar-refractivity contribution in [3.63, 3.8) is 0 Å². The monoisotopic (exact) mass is 477 g/mol. The third-order valence-corrected chi connectivity index (χ3v) is 6.59. The van der Waals surface area contributed by atoms with Gasteiger partial charge in [-0.05, 0) is 72.5 Å². The van der Waals surface area contributed by atoms with E-state index in [9.17, 15) is 9.90 Å². The van der Waals surface area contributed by atoms with E-state index in [1.54, 1.807) is 45.6 Å². The zero-order valence-electron chi connectivity index (χ0n) is 20.8. The molecule has 35 heavy (non-hydrogen) atoms. The largest absolute Gasteiger partial charge is 0.508 e. The molecule has 0 aliphatic heterocycles. The Bertz CT molecular complexity index is 1270. The van der Waals surface area contributed by atoms with Crippen LogP contribution in [0.1, 0.15) is 29.2 Å². The van der Waals surface area contributed by atoms with Crippen LogP contribution in [-0.2, 0) is 13.0 Å². The van der Waals surface area contributed by atoms with Crippen LogP contribution in [0.5, 0.6) is 28.7 Å². The molecule has 0 fully saturated rings. The van der Waals surface area contributed by atoms with E-state index in [2.05, 4.69) is 4.90 Å². The first-order valence-corrected chi connectivity index (χ1v) is 11.4. The van der Waals surface area contributed by atoms with Gasteiger partial charge in [0.15, 0.2) is 17.2 Å². The van der Waals surface area contributed by atoms with E-state index < -0.39 is 0 Å². The van der Waals surface area contributed by atoms with Crippen molar-refractivity contribution in [1.29, 1.82) is 0 Å². The molecule has 0 bridgehead atoms. The Labute approximate surface area is 205 Å². The molecule has 7 heteroatoms. The van der Waals surface area contributed by atoms with Crippen LogP contribution in [-0.4, -0.2) is 45.5 Å². The zero-order valence-corrected chi connectivity index (χ0v) is 20.8. The number of methoxy groups -OCH3 is 4. The predicted molar refractivity (Wildman–Crippen MR) is 135 cm³/mol. The molecule has 1 unspecified atom stereocenters. The number of fused-ring (bicyclic) bond motifs is 3. The molecule has 184 valence electrons. The number of benzene rings is 2. The molecule has 3 aromatic carbocycles. The molecule has 1 atom stereocenters. The van der Waals surface area contributed by atoms with Gasteiger partial charge < -0.3 is 24.1 Å². The Hall–Kier alpha value is -3.71. The van der Waals surface area contributed by atoms with E-state index in [1.165, 1.54) is 7.11 Å². The molecule has 1 N–H and O–H groups in total. The molecular weight excluding hydrogens is 446 g/mol. The van der Waals surface area contributed by atoms with Gasteiger partial charge in [-0.1, -0.05) is 18.2 Å². The summed E-state index contributed by atoms with van der Waals surface area (Å²) in [4.78, 5) is 15.3. The first-order valence-electron chi connectivity index (χ1n) is 11.4. The molecule has 0 saturated heterocycles. The van der Waals surface area contributed by atoms with E-state index in [-0.39, 0.29) is 23.0 Å². The van der Waals surface area contributed by atoms with Gasteiger partial charge in [-0.2, -0.15) is 0 Å². The first kappa shape index (κ1) is 24.4. The second-order valence-corrected chi connectivity index (χ2v) is 8.59. The number of aryl methyl sites for hydroxylation is 1. The van der Waals surface area contributed by atoms with Crippen molar-refractivity contribution in [2.45, 2.75) is 25.4 Å². The SMILES string of the molecule is COc1cc2c(c(OC)c1OC)-c1ccc(OC)c(=O)cc1C(N(C)Cc1ccc(O)cc1)CC2. The maximum absolute atomic E-state index is 13.0. The number of hydrogen-bond donors (Lipinski definition) is 1. The number of nitrogens with zero attached hydrogens (tertiary/aromatic N) is 1. The lowest BCUT2D eigenvalue weighted by molar-refractivity contribution is 0.226. The molecule has 0 radical (unpaired) electrons. The van der Waals surface area contributed by atoms with Gasteiger partial charge in [-0.25, -0.2) is 0 Å². The fourth-order valence-corrected chi connectivity index (χ4v) is 4.90. The van der Waals surface area contributed by atoms with Gasteiger partial charge in [-0.15, -0.1) is 0 Å². The average molecular weight is 478 g/mol. The number of aromatic hydroxyl groups is 1. The maximum Gasteiger partial charge on any atom is 0.220 e. The number of phenols is 1. The quantitative estimate of drug-likeness (QED) is 0.534. The van der Waals surface area contributed by atoms with Gasteiger partial charge >= 0.3 is 0 Å². The summed E-state index contributed by atoms with van der Waals surface area (Å²) in [5.41, 5.74) is 4.61. The Morgan fingerprint density at radius 1 is 0.886 bits per heavy atom. The minimum absolute atomic E-state index is 0.0577. The highest BCUT2D eigenvalue weighted by Gasteiger charge is 2.30. The molecule has 0 spiro atoms. The standard InChI is InChI=1S/C28H31NO6/c1-29(16-17-6-9-19(30)10-7-17)22-12-8-18-14-25(33-3)27(34-4)28(35-5)26(18)20-11-13-24(32-2)23(31)15-21(20)22/h6-7,9-11,13-15,22,30H,8,12,16H2,1-5H3. The van der Waals surface area contributed by atoms with Gasteiger partial charge in [0.25, 0.3) is 0 Å². The van der Waals surface area contributed by atoms with Crippen molar-refractivity contribution in [1.82, 2.24) is 4.90 Å². The van der Waals surface area contributed by atoms with Gasteiger partial charge in [0.05, 0.1) is 28.4 Å². The van der Waals surface area contributed by atoms with Crippen LogP contribution < -0.4 is 24.4 Å². The van der Waals surface area contributed by atoms with Crippen LogP contribution in [0.15, 0.2) is 53.3 Å². The van der Waals surface area contributed by atoms with Crippen LogP contribution in [0.3, 0.4) is 0 Å². The number of ether oxygens (including phenoxy) is 4. The summed E-state index contributed by atoms with van der Waals surface area (Å²) in [6, 6.07) is 14.4. The fraction of sp³-hybridized carbons (Fsp3) is 0.321. The van der Waals surface area contributed by atoms with Crippen LogP contribution in [0, 0.1) is 0 Å².